The zero-order valence-electron chi connectivity index (χ0n) is 19.2. The number of amides is 4. The van der Waals surface area contributed by atoms with Gasteiger partial charge in [-0.3, -0.25) is 14.9 Å². The number of imide groups is 2. The van der Waals surface area contributed by atoms with Crippen molar-refractivity contribution in [3.8, 4) is 23.0 Å². The molecule has 188 valence electrons. The molecule has 0 radical (unpaired) electrons. The van der Waals surface area contributed by atoms with Crippen molar-refractivity contribution in [1.82, 2.24) is 5.32 Å². The normalized spacial score (nSPS) is 15.7. The number of urea groups is 1. The third-order valence-electron chi connectivity index (χ3n) is 5.61. The van der Waals surface area contributed by atoms with Gasteiger partial charge in [-0.25, -0.2) is 9.69 Å². The van der Waals surface area contributed by atoms with Gasteiger partial charge in [0.05, 0.1) is 17.8 Å². The van der Waals surface area contributed by atoms with Gasteiger partial charge in [0, 0.05) is 16.7 Å². The molecule has 0 atom stereocenters. The minimum atomic E-state index is -0.884. The Bertz CT molecular complexity index is 1470. The maximum absolute atomic E-state index is 13.3. The fraction of sp³-hybridized carbons (Fsp3) is 0.115. The molecule has 0 unspecified atom stereocenters. The zero-order valence-corrected chi connectivity index (χ0v) is 20.8. The molecule has 0 spiro atoms. The van der Waals surface area contributed by atoms with Crippen LogP contribution in [0.2, 0.25) is 10.0 Å². The molecule has 0 bridgehead atoms. The van der Waals surface area contributed by atoms with Crippen LogP contribution >= 0.6 is 23.2 Å². The van der Waals surface area contributed by atoms with Crippen molar-refractivity contribution < 1.29 is 33.3 Å². The number of barbiturate groups is 1. The Morgan fingerprint density at radius 1 is 1.00 bits per heavy atom. The van der Waals surface area contributed by atoms with Crippen LogP contribution in [0, 0.1) is 0 Å². The monoisotopic (exact) mass is 540 g/mol. The van der Waals surface area contributed by atoms with E-state index in [2.05, 4.69) is 5.32 Å². The maximum Gasteiger partial charge on any atom is 0.335 e. The molecule has 0 saturated carbocycles. The molecular weight excluding hydrogens is 523 g/mol. The lowest BCUT2D eigenvalue weighted by Crippen LogP contribution is -2.54. The van der Waals surface area contributed by atoms with Crippen LogP contribution in [0.25, 0.3) is 6.08 Å². The molecule has 1 N–H and O–H groups in total. The Morgan fingerprint density at radius 3 is 2.57 bits per heavy atom. The Morgan fingerprint density at radius 2 is 1.78 bits per heavy atom. The van der Waals surface area contributed by atoms with Crippen molar-refractivity contribution in [2.75, 3.05) is 18.8 Å². The number of hydrogen-bond acceptors (Lipinski definition) is 7. The van der Waals surface area contributed by atoms with Crippen LogP contribution in [0.5, 0.6) is 23.0 Å². The molecule has 9 nitrogen and oxygen atoms in total. The van der Waals surface area contributed by atoms with E-state index in [1.807, 2.05) is 18.2 Å². The van der Waals surface area contributed by atoms with Crippen molar-refractivity contribution in [2.45, 2.75) is 6.61 Å². The minimum Gasteiger partial charge on any atom is -0.493 e. The first kappa shape index (κ1) is 24.5. The van der Waals surface area contributed by atoms with Crippen LogP contribution in [0.15, 0.2) is 60.2 Å². The lowest BCUT2D eigenvalue weighted by atomic mass is 10.1. The molecule has 11 heteroatoms. The number of rotatable bonds is 6. The van der Waals surface area contributed by atoms with Gasteiger partial charge in [-0.05, 0) is 42.0 Å². The average molecular weight is 541 g/mol. The van der Waals surface area contributed by atoms with E-state index in [1.165, 1.54) is 31.4 Å². The summed E-state index contributed by atoms with van der Waals surface area (Å²) in [5.41, 5.74) is 1.07. The highest BCUT2D eigenvalue weighted by Gasteiger charge is 2.37. The maximum atomic E-state index is 13.3. The number of nitrogens with one attached hydrogen (secondary N) is 1. The molecule has 2 heterocycles. The fourth-order valence-corrected chi connectivity index (χ4v) is 4.28. The standard InChI is InChI=1S/C26H18Cl2N2O7/c1-34-22-10-14(9-19(28)23(22)35-12-15-4-2-3-5-18(15)27)8-17-24(31)29-26(33)30(25(17)32)16-6-7-20-21(11-16)37-13-36-20/h2-11H,12-13H2,1H3,(H,29,31,33)/b17-8+. The predicted molar refractivity (Wildman–Crippen MR) is 135 cm³/mol. The molecule has 5 rings (SSSR count). The van der Waals surface area contributed by atoms with Gasteiger partial charge in [-0.2, -0.15) is 0 Å². The summed E-state index contributed by atoms with van der Waals surface area (Å²) in [6, 6.07) is 14.0. The van der Waals surface area contributed by atoms with Gasteiger partial charge in [0.2, 0.25) is 6.79 Å². The Labute approximate surface area is 221 Å². The van der Waals surface area contributed by atoms with Gasteiger partial charge in [-0.1, -0.05) is 41.4 Å². The second-order valence-corrected chi connectivity index (χ2v) is 8.72. The second kappa shape index (κ2) is 10.0. The Kier molecular flexibility index (Phi) is 6.64. The van der Waals surface area contributed by atoms with Crippen molar-refractivity contribution in [1.29, 1.82) is 0 Å². The summed E-state index contributed by atoms with van der Waals surface area (Å²) in [6.45, 7) is 0.174. The van der Waals surface area contributed by atoms with Gasteiger partial charge in [0.25, 0.3) is 11.8 Å². The summed E-state index contributed by atoms with van der Waals surface area (Å²) in [6.07, 6.45) is 1.32. The minimum absolute atomic E-state index is 0.0310. The molecule has 1 fully saturated rings. The van der Waals surface area contributed by atoms with Gasteiger partial charge >= 0.3 is 6.03 Å². The number of carbonyl (C=O) groups excluding carboxylic acids is 3. The molecule has 0 aliphatic carbocycles. The first-order valence-electron chi connectivity index (χ1n) is 10.9. The first-order chi connectivity index (χ1) is 17.9. The number of halogens is 2. The molecule has 2 aliphatic rings. The van der Waals surface area contributed by atoms with Gasteiger partial charge in [0.15, 0.2) is 23.0 Å². The second-order valence-electron chi connectivity index (χ2n) is 7.91. The molecule has 1 saturated heterocycles. The molecule has 37 heavy (non-hydrogen) atoms. The molecule has 3 aromatic carbocycles. The summed E-state index contributed by atoms with van der Waals surface area (Å²) in [5.74, 6) is -0.257. The number of fused-ring (bicyclic) bond motifs is 1. The summed E-state index contributed by atoms with van der Waals surface area (Å²) in [7, 11) is 1.43. The van der Waals surface area contributed by atoms with Crippen LogP contribution in [0.4, 0.5) is 10.5 Å². The lowest BCUT2D eigenvalue weighted by molar-refractivity contribution is -0.122. The van der Waals surface area contributed by atoms with Crippen LogP contribution in [0.3, 0.4) is 0 Å². The molecule has 4 amide bonds. The van der Waals surface area contributed by atoms with Crippen LogP contribution in [-0.4, -0.2) is 31.7 Å². The van der Waals surface area contributed by atoms with Crippen molar-refractivity contribution in [3.05, 3.63) is 81.3 Å². The average Bonchev–Trinajstić information content (AvgIpc) is 3.34. The highest BCUT2D eigenvalue weighted by Crippen LogP contribution is 2.39. The van der Waals surface area contributed by atoms with Crippen molar-refractivity contribution in [2.24, 2.45) is 0 Å². The van der Waals surface area contributed by atoms with Gasteiger partial charge in [0.1, 0.15) is 12.2 Å². The van der Waals surface area contributed by atoms with Crippen LogP contribution < -0.4 is 29.2 Å². The van der Waals surface area contributed by atoms with E-state index in [1.54, 1.807) is 18.2 Å². The zero-order chi connectivity index (χ0) is 26.1. The topological polar surface area (TPSA) is 103 Å². The third kappa shape index (κ3) is 4.78. The fourth-order valence-electron chi connectivity index (χ4n) is 3.81. The lowest BCUT2D eigenvalue weighted by Gasteiger charge is -2.26. The SMILES string of the molecule is COc1cc(/C=C2\C(=O)NC(=O)N(c3ccc4c(c3)OCO4)C2=O)cc(Cl)c1OCc1ccccc1Cl. The Hall–Kier alpha value is -4.21. The number of hydrogen-bond donors (Lipinski definition) is 1. The number of benzene rings is 3. The summed E-state index contributed by atoms with van der Waals surface area (Å²) in [5, 5.41) is 2.91. The number of nitrogens with zero attached hydrogens (tertiary/aromatic N) is 1. The Balaban J connectivity index is 1.44. The summed E-state index contributed by atoms with van der Waals surface area (Å²) >= 11 is 12.7. The number of carbonyl (C=O) groups is 3. The van der Waals surface area contributed by atoms with E-state index < -0.39 is 17.8 Å². The van der Waals surface area contributed by atoms with Gasteiger partial charge < -0.3 is 18.9 Å². The van der Waals surface area contributed by atoms with Crippen molar-refractivity contribution in [3.63, 3.8) is 0 Å². The van der Waals surface area contributed by atoms with Crippen LogP contribution in [0.1, 0.15) is 11.1 Å². The molecule has 3 aromatic rings. The summed E-state index contributed by atoms with van der Waals surface area (Å²) in [4.78, 5) is 39.2. The number of anilines is 1. The predicted octanol–water partition coefficient (Wildman–Crippen LogP) is 4.98. The molecular formula is C26H18Cl2N2O7. The first-order valence-corrected chi connectivity index (χ1v) is 11.7. The van der Waals surface area contributed by atoms with E-state index >= 15 is 0 Å². The summed E-state index contributed by atoms with van der Waals surface area (Å²) < 4.78 is 21.9. The largest absolute Gasteiger partial charge is 0.493 e. The quantitative estimate of drug-likeness (QED) is 0.347. The van der Waals surface area contributed by atoms with E-state index in [4.69, 9.17) is 42.1 Å². The van der Waals surface area contributed by atoms with Crippen molar-refractivity contribution >= 4 is 52.8 Å². The van der Waals surface area contributed by atoms with Gasteiger partial charge in [-0.15, -0.1) is 0 Å². The van der Waals surface area contributed by atoms with E-state index in [0.717, 1.165) is 10.5 Å². The molecule has 0 aromatic heterocycles. The van der Waals surface area contributed by atoms with E-state index in [0.29, 0.717) is 22.1 Å². The number of ether oxygens (including phenoxy) is 4. The highest BCUT2D eigenvalue weighted by atomic mass is 35.5. The van der Waals surface area contributed by atoms with E-state index in [9.17, 15) is 14.4 Å². The van der Waals surface area contributed by atoms with Crippen LogP contribution in [-0.2, 0) is 16.2 Å². The number of methoxy groups -OCH3 is 1. The highest BCUT2D eigenvalue weighted by molar-refractivity contribution is 6.39. The smallest absolute Gasteiger partial charge is 0.335 e. The van der Waals surface area contributed by atoms with E-state index in [-0.39, 0.29) is 41.2 Å². The molecule has 2 aliphatic heterocycles. The third-order valence-corrected chi connectivity index (χ3v) is 6.26.